The number of aromatic nitrogens is 2. The Morgan fingerprint density at radius 2 is 1.87 bits per heavy atom. The zero-order valence-electron chi connectivity index (χ0n) is 22.0. The molecule has 0 aliphatic carbocycles. The van der Waals surface area contributed by atoms with Crippen molar-refractivity contribution in [3.8, 4) is 11.3 Å². The monoisotopic (exact) mass is 555 g/mol. The van der Waals surface area contributed by atoms with E-state index in [2.05, 4.69) is 36.0 Å². The highest BCUT2D eigenvalue weighted by atomic mass is 35.5. The lowest BCUT2D eigenvalue weighted by Gasteiger charge is -2.33. The van der Waals surface area contributed by atoms with Crippen LogP contribution in [0.1, 0.15) is 54.3 Å². The number of ether oxygens (including phenoxy) is 2. The lowest BCUT2D eigenvalue weighted by molar-refractivity contribution is 0.0245. The molecule has 200 valence electrons. The fourth-order valence-corrected chi connectivity index (χ4v) is 5.74. The highest BCUT2D eigenvalue weighted by Crippen LogP contribution is 2.39. The molecule has 0 N–H and O–H groups in total. The molecule has 2 aromatic carbocycles. The zero-order chi connectivity index (χ0) is 27.0. The molecule has 5 rings (SSSR count). The zero-order valence-corrected chi connectivity index (χ0v) is 23.5. The van der Waals surface area contributed by atoms with Crippen molar-refractivity contribution in [1.82, 2.24) is 9.72 Å². The number of nitrogens with zero attached hydrogens (tertiary/aromatic N) is 3. The van der Waals surface area contributed by atoms with Gasteiger partial charge in [-0.15, -0.1) is 0 Å². The summed E-state index contributed by atoms with van der Waals surface area (Å²) in [5.41, 5.74) is 4.92. The molecule has 2 aromatic heterocycles. The topological polar surface area (TPSA) is 69.7 Å². The molecule has 1 aliphatic rings. The summed E-state index contributed by atoms with van der Waals surface area (Å²) >= 11 is 13.0. The number of carbonyl (C=O) groups excluding carboxylic acids is 1. The van der Waals surface area contributed by atoms with Gasteiger partial charge in [0.25, 0.3) is 0 Å². The van der Waals surface area contributed by atoms with Crippen LogP contribution in [0.4, 0.5) is 5.69 Å². The molecular formula is C29H31Cl2N3O4. The highest BCUT2D eigenvalue weighted by Gasteiger charge is 2.26. The van der Waals surface area contributed by atoms with E-state index in [4.69, 9.17) is 37.2 Å². The third kappa shape index (κ3) is 5.03. The van der Waals surface area contributed by atoms with Gasteiger partial charge in [0.1, 0.15) is 11.5 Å². The Morgan fingerprint density at radius 3 is 2.53 bits per heavy atom. The number of hydrogen-bond donors (Lipinski definition) is 0. The summed E-state index contributed by atoms with van der Waals surface area (Å²) < 4.78 is 19.0. The molecule has 0 spiro atoms. The fraction of sp³-hybridized carbons (Fsp3) is 0.379. The average Bonchev–Trinajstić information content (AvgIpc) is 3.48. The molecule has 4 aromatic rings. The summed E-state index contributed by atoms with van der Waals surface area (Å²) in [7, 11) is 3.35. The number of benzene rings is 2. The number of rotatable bonds is 7. The van der Waals surface area contributed by atoms with Crippen molar-refractivity contribution in [2.45, 2.75) is 45.3 Å². The molecular weight excluding hydrogens is 525 g/mol. The van der Waals surface area contributed by atoms with E-state index in [0.717, 1.165) is 53.8 Å². The second-order valence-electron chi connectivity index (χ2n) is 9.97. The maximum absolute atomic E-state index is 12.1. The molecule has 7 nitrogen and oxygen atoms in total. The van der Waals surface area contributed by atoms with Gasteiger partial charge in [-0.05, 0) is 43.2 Å². The van der Waals surface area contributed by atoms with Crippen LogP contribution in [0, 0.1) is 0 Å². The predicted octanol–water partition coefficient (Wildman–Crippen LogP) is 7.24. The van der Waals surface area contributed by atoms with Gasteiger partial charge in [0.05, 0.1) is 40.9 Å². The van der Waals surface area contributed by atoms with Crippen molar-refractivity contribution in [2.24, 2.45) is 7.05 Å². The predicted molar refractivity (Wildman–Crippen MR) is 150 cm³/mol. The van der Waals surface area contributed by atoms with Crippen LogP contribution in [0.25, 0.3) is 22.2 Å². The Labute approximate surface area is 232 Å². The Kier molecular flexibility index (Phi) is 7.70. The van der Waals surface area contributed by atoms with Crippen molar-refractivity contribution in [1.29, 1.82) is 0 Å². The quantitative estimate of drug-likeness (QED) is 0.224. The van der Waals surface area contributed by atoms with Gasteiger partial charge in [-0.2, -0.15) is 0 Å². The van der Waals surface area contributed by atoms with Gasteiger partial charge in [-0.3, -0.25) is 0 Å². The van der Waals surface area contributed by atoms with Crippen LogP contribution < -0.4 is 4.90 Å². The standard InChI is InChI=1S/C29H31Cl2N3O4/c1-17(2)28-22(27(32-38-28)26-23(30)6-5-7-24(26)31)16-37-19-10-12-34(13-11-19)18-8-9-20-21(29(35)36-4)15-33(3)25(20)14-18/h5-9,14-15,17,19H,10-13,16H2,1-4H3. The van der Waals surface area contributed by atoms with E-state index < -0.39 is 0 Å². The van der Waals surface area contributed by atoms with Gasteiger partial charge in [0, 0.05) is 54.5 Å². The lowest BCUT2D eigenvalue weighted by Crippen LogP contribution is -2.37. The van der Waals surface area contributed by atoms with Crippen molar-refractivity contribution >= 4 is 45.8 Å². The first kappa shape index (κ1) is 26.6. The fourth-order valence-electron chi connectivity index (χ4n) is 5.16. The Bertz CT molecular complexity index is 1450. The van der Waals surface area contributed by atoms with E-state index in [1.165, 1.54) is 7.11 Å². The maximum Gasteiger partial charge on any atom is 0.340 e. The van der Waals surface area contributed by atoms with Crippen LogP contribution in [0.5, 0.6) is 0 Å². The maximum atomic E-state index is 12.1. The molecule has 1 saturated heterocycles. The number of carbonyl (C=O) groups is 1. The lowest BCUT2D eigenvalue weighted by atomic mass is 10.0. The second-order valence-corrected chi connectivity index (χ2v) is 10.8. The van der Waals surface area contributed by atoms with Crippen LogP contribution in [0.3, 0.4) is 0 Å². The number of aryl methyl sites for hydroxylation is 1. The summed E-state index contributed by atoms with van der Waals surface area (Å²) in [6, 6.07) is 11.6. The van der Waals surface area contributed by atoms with Gasteiger partial charge in [0.2, 0.25) is 0 Å². The van der Waals surface area contributed by atoms with E-state index in [0.29, 0.717) is 33.5 Å². The van der Waals surface area contributed by atoms with Crippen LogP contribution >= 0.6 is 23.2 Å². The first-order chi connectivity index (χ1) is 18.3. The SMILES string of the molecule is COC(=O)c1cn(C)c2cc(N3CCC(OCc4c(-c5c(Cl)cccc5Cl)noc4C(C)C)CC3)ccc12. The largest absolute Gasteiger partial charge is 0.465 e. The number of anilines is 1. The molecule has 38 heavy (non-hydrogen) atoms. The third-order valence-corrected chi connectivity index (χ3v) is 7.82. The third-order valence-electron chi connectivity index (χ3n) is 7.19. The number of esters is 1. The van der Waals surface area contributed by atoms with Gasteiger partial charge in [-0.1, -0.05) is 48.3 Å². The van der Waals surface area contributed by atoms with E-state index in [1.54, 1.807) is 12.1 Å². The number of fused-ring (bicyclic) bond motifs is 1. The minimum atomic E-state index is -0.324. The molecule has 1 fully saturated rings. The van der Waals surface area contributed by atoms with E-state index in [9.17, 15) is 4.79 Å². The molecule has 9 heteroatoms. The molecule has 0 unspecified atom stereocenters. The Balaban J connectivity index is 1.28. The van der Waals surface area contributed by atoms with Crippen molar-refractivity contribution < 1.29 is 18.8 Å². The van der Waals surface area contributed by atoms with Crippen LogP contribution in [0.2, 0.25) is 10.0 Å². The summed E-state index contributed by atoms with van der Waals surface area (Å²) in [6.07, 6.45) is 3.72. The number of halogens is 2. The summed E-state index contributed by atoms with van der Waals surface area (Å²) in [6.45, 7) is 6.25. The normalized spacial score (nSPS) is 14.6. The minimum absolute atomic E-state index is 0.112. The molecule has 0 amide bonds. The molecule has 0 atom stereocenters. The van der Waals surface area contributed by atoms with Gasteiger partial charge < -0.3 is 23.5 Å². The van der Waals surface area contributed by atoms with Gasteiger partial charge >= 0.3 is 5.97 Å². The van der Waals surface area contributed by atoms with Crippen molar-refractivity contribution in [3.05, 3.63) is 69.5 Å². The molecule has 1 aliphatic heterocycles. The smallest absolute Gasteiger partial charge is 0.340 e. The Morgan fingerprint density at radius 1 is 1.16 bits per heavy atom. The summed E-state index contributed by atoms with van der Waals surface area (Å²) in [4.78, 5) is 14.5. The van der Waals surface area contributed by atoms with E-state index in [-0.39, 0.29) is 18.0 Å². The Hall–Kier alpha value is -3.00. The van der Waals surface area contributed by atoms with E-state index in [1.807, 2.05) is 29.9 Å². The van der Waals surface area contributed by atoms with Gasteiger partial charge in [-0.25, -0.2) is 4.79 Å². The summed E-state index contributed by atoms with van der Waals surface area (Å²) in [5, 5.41) is 6.29. The van der Waals surface area contributed by atoms with Crippen LogP contribution in [-0.4, -0.2) is 42.0 Å². The second kappa shape index (κ2) is 11.0. The average molecular weight is 556 g/mol. The van der Waals surface area contributed by atoms with Crippen LogP contribution in [0.15, 0.2) is 47.1 Å². The highest BCUT2D eigenvalue weighted by molar-refractivity contribution is 6.39. The number of hydrogen-bond acceptors (Lipinski definition) is 6. The number of piperidine rings is 1. The van der Waals surface area contributed by atoms with Crippen LogP contribution in [-0.2, 0) is 23.1 Å². The van der Waals surface area contributed by atoms with Crippen molar-refractivity contribution in [3.63, 3.8) is 0 Å². The number of methoxy groups -OCH3 is 1. The minimum Gasteiger partial charge on any atom is -0.465 e. The first-order valence-electron chi connectivity index (χ1n) is 12.7. The summed E-state index contributed by atoms with van der Waals surface area (Å²) in [5.74, 6) is 0.607. The molecule has 0 bridgehead atoms. The van der Waals surface area contributed by atoms with E-state index >= 15 is 0 Å². The van der Waals surface area contributed by atoms with Crippen molar-refractivity contribution in [2.75, 3.05) is 25.1 Å². The van der Waals surface area contributed by atoms with Gasteiger partial charge in [0.15, 0.2) is 0 Å². The molecule has 0 saturated carbocycles. The molecule has 3 heterocycles. The molecule has 0 radical (unpaired) electrons. The first-order valence-corrected chi connectivity index (χ1v) is 13.5.